The van der Waals surface area contributed by atoms with Crippen LogP contribution in [0.4, 0.5) is 13.2 Å². The van der Waals surface area contributed by atoms with E-state index in [1.165, 1.54) is 23.0 Å². The highest BCUT2D eigenvalue weighted by Gasteiger charge is 2.32. The first-order chi connectivity index (χ1) is 10.4. The molecule has 0 atom stereocenters. The van der Waals surface area contributed by atoms with Gasteiger partial charge < -0.3 is 0 Å². The maximum absolute atomic E-state index is 12.6. The zero-order valence-electron chi connectivity index (χ0n) is 11.0. The van der Waals surface area contributed by atoms with Gasteiger partial charge in [-0.2, -0.15) is 13.2 Å². The van der Waals surface area contributed by atoms with Crippen molar-refractivity contribution in [1.82, 2.24) is 19.5 Å². The third-order valence-electron chi connectivity index (χ3n) is 2.77. The molecule has 0 bridgehead atoms. The van der Waals surface area contributed by atoms with Crippen LogP contribution in [0, 0.1) is 0 Å². The summed E-state index contributed by atoms with van der Waals surface area (Å²) in [5.41, 5.74) is -1.30. The van der Waals surface area contributed by atoms with Gasteiger partial charge in [-0.15, -0.1) is 11.3 Å². The van der Waals surface area contributed by atoms with Gasteiger partial charge in [-0.1, -0.05) is 0 Å². The second-order valence-electron chi connectivity index (χ2n) is 4.22. The summed E-state index contributed by atoms with van der Waals surface area (Å²) < 4.78 is 39.2. The lowest BCUT2D eigenvalue weighted by Crippen LogP contribution is -2.19. The Hall–Kier alpha value is -1.94. The quantitative estimate of drug-likeness (QED) is 0.669. The van der Waals surface area contributed by atoms with Gasteiger partial charge in [0.15, 0.2) is 10.3 Å². The Balaban J connectivity index is 2.03. The highest BCUT2D eigenvalue weighted by Crippen LogP contribution is 2.30. The Morgan fingerprint density at radius 3 is 2.77 bits per heavy atom. The number of alkyl halides is 3. The van der Waals surface area contributed by atoms with E-state index >= 15 is 0 Å². The number of aromatic nitrogens is 4. The van der Waals surface area contributed by atoms with E-state index in [-0.39, 0.29) is 15.9 Å². The van der Waals surface area contributed by atoms with Crippen LogP contribution in [0.3, 0.4) is 0 Å². The first-order valence-corrected chi connectivity index (χ1v) is 7.58. The van der Waals surface area contributed by atoms with Crippen LogP contribution in [-0.2, 0) is 13.2 Å². The van der Waals surface area contributed by atoms with Crippen molar-refractivity contribution in [3.8, 4) is 0 Å². The van der Waals surface area contributed by atoms with Gasteiger partial charge in [0, 0.05) is 13.2 Å². The predicted molar refractivity (Wildman–Crippen MR) is 76.0 cm³/mol. The van der Waals surface area contributed by atoms with E-state index in [0.717, 1.165) is 24.0 Å². The third kappa shape index (κ3) is 2.71. The zero-order valence-corrected chi connectivity index (χ0v) is 12.6. The fraction of sp³-hybridized carbons (Fsp3) is 0.167. The molecular weight excluding hydrogens is 337 g/mol. The molecule has 0 saturated carbocycles. The van der Waals surface area contributed by atoms with Crippen molar-refractivity contribution in [3.63, 3.8) is 0 Å². The maximum atomic E-state index is 12.6. The molecule has 0 amide bonds. The molecule has 5 nitrogen and oxygen atoms in total. The van der Waals surface area contributed by atoms with Gasteiger partial charge in [0.25, 0.3) is 5.56 Å². The second kappa shape index (κ2) is 5.36. The highest BCUT2D eigenvalue weighted by atomic mass is 32.2. The average molecular weight is 344 g/mol. The van der Waals surface area contributed by atoms with Crippen LogP contribution < -0.4 is 5.56 Å². The summed E-state index contributed by atoms with van der Waals surface area (Å²) in [4.78, 5) is 24.2. The summed E-state index contributed by atoms with van der Waals surface area (Å²) in [7, 11) is 1.50. The number of nitrogens with zero attached hydrogens (tertiary/aromatic N) is 4. The van der Waals surface area contributed by atoms with Crippen LogP contribution in [0.15, 0.2) is 38.8 Å². The lowest BCUT2D eigenvalue weighted by atomic mass is 10.4. The molecule has 0 spiro atoms. The Morgan fingerprint density at radius 2 is 2.05 bits per heavy atom. The summed E-state index contributed by atoms with van der Waals surface area (Å²) in [5, 5.41) is 2.32. The van der Waals surface area contributed by atoms with Gasteiger partial charge in [-0.05, 0) is 29.3 Å². The van der Waals surface area contributed by atoms with Crippen LogP contribution in [0.5, 0.6) is 0 Å². The van der Waals surface area contributed by atoms with Crippen LogP contribution in [0.2, 0.25) is 0 Å². The van der Waals surface area contributed by atoms with Crippen LogP contribution >= 0.6 is 23.1 Å². The number of hydrogen-bond acceptors (Lipinski definition) is 6. The topological polar surface area (TPSA) is 60.7 Å². The van der Waals surface area contributed by atoms with Gasteiger partial charge >= 0.3 is 6.18 Å². The molecule has 3 rings (SSSR count). The second-order valence-corrected chi connectivity index (χ2v) is 6.05. The summed E-state index contributed by atoms with van der Waals surface area (Å²) in [6.07, 6.45) is -3.52. The molecule has 10 heteroatoms. The molecule has 0 radical (unpaired) electrons. The van der Waals surface area contributed by atoms with Crippen molar-refractivity contribution in [2.45, 2.75) is 16.5 Å². The maximum Gasteiger partial charge on any atom is 0.433 e. The largest absolute Gasteiger partial charge is 0.433 e. The van der Waals surface area contributed by atoms with Crippen LogP contribution in [0.25, 0.3) is 10.2 Å². The van der Waals surface area contributed by atoms with Gasteiger partial charge in [0.1, 0.15) is 10.5 Å². The molecule has 22 heavy (non-hydrogen) atoms. The predicted octanol–water partition coefficient (Wildman–Crippen LogP) is 2.96. The van der Waals surface area contributed by atoms with Crippen LogP contribution in [0.1, 0.15) is 5.69 Å². The van der Waals surface area contributed by atoms with Crippen molar-refractivity contribution in [2.24, 2.45) is 7.05 Å². The lowest BCUT2D eigenvalue weighted by molar-refractivity contribution is -0.141. The molecule has 3 aromatic heterocycles. The minimum atomic E-state index is -4.55. The molecule has 3 heterocycles. The van der Waals surface area contributed by atoms with Crippen molar-refractivity contribution in [1.29, 1.82) is 0 Å². The smallest absolute Gasteiger partial charge is 0.290 e. The molecular formula is C12H7F3N4OS2. The lowest BCUT2D eigenvalue weighted by Gasteiger charge is -2.08. The zero-order chi connectivity index (χ0) is 15.9. The Kier molecular flexibility index (Phi) is 3.65. The Bertz CT molecular complexity index is 903. The van der Waals surface area contributed by atoms with E-state index in [9.17, 15) is 18.0 Å². The van der Waals surface area contributed by atoms with Gasteiger partial charge in [0.2, 0.25) is 0 Å². The highest BCUT2D eigenvalue weighted by molar-refractivity contribution is 7.99. The molecule has 0 aliphatic rings. The normalized spacial score (nSPS) is 12.0. The minimum absolute atomic E-state index is 0.117. The SMILES string of the molecule is Cn1c(Sc2nccc(C(F)(F)F)n2)nc2sccc2c1=O. The first kappa shape index (κ1) is 15.0. The Labute approximate surface area is 129 Å². The molecule has 3 aromatic rings. The molecule has 0 N–H and O–H groups in total. The molecule has 114 valence electrons. The standard InChI is InChI=1S/C12H7F3N4OS2/c1-19-9(20)6-3-5-21-8(6)18-11(19)22-10-16-4-2-7(17-10)12(13,14)15/h2-5H,1H3. The molecule has 0 unspecified atom stereocenters. The van der Waals surface area contributed by atoms with E-state index in [2.05, 4.69) is 15.0 Å². The number of rotatable bonds is 2. The van der Waals surface area contributed by atoms with Crippen molar-refractivity contribution < 1.29 is 13.2 Å². The van der Waals surface area contributed by atoms with E-state index < -0.39 is 11.9 Å². The number of halogens is 3. The van der Waals surface area contributed by atoms with Crippen molar-refractivity contribution in [2.75, 3.05) is 0 Å². The minimum Gasteiger partial charge on any atom is -0.290 e. The van der Waals surface area contributed by atoms with Gasteiger partial charge in [0.05, 0.1) is 5.39 Å². The summed E-state index contributed by atoms with van der Waals surface area (Å²) >= 11 is 2.10. The Morgan fingerprint density at radius 1 is 1.27 bits per heavy atom. The molecule has 0 aliphatic heterocycles. The van der Waals surface area contributed by atoms with Gasteiger partial charge in [-0.25, -0.2) is 15.0 Å². The fourth-order valence-corrected chi connectivity index (χ4v) is 3.29. The van der Waals surface area contributed by atoms with Gasteiger partial charge in [-0.3, -0.25) is 9.36 Å². The van der Waals surface area contributed by atoms with Crippen molar-refractivity contribution in [3.05, 3.63) is 39.8 Å². The number of hydrogen-bond donors (Lipinski definition) is 0. The van der Waals surface area contributed by atoms with Crippen LogP contribution in [-0.4, -0.2) is 19.5 Å². The van der Waals surface area contributed by atoms with Crippen molar-refractivity contribution >= 4 is 33.3 Å². The molecule has 0 aliphatic carbocycles. The summed E-state index contributed by atoms with van der Waals surface area (Å²) in [6, 6.07) is 2.45. The molecule has 0 fully saturated rings. The van der Waals surface area contributed by atoms with E-state index in [1.54, 1.807) is 11.4 Å². The summed E-state index contributed by atoms with van der Waals surface area (Å²) in [5.74, 6) is 0. The molecule has 0 aromatic carbocycles. The summed E-state index contributed by atoms with van der Waals surface area (Å²) in [6.45, 7) is 0. The third-order valence-corrected chi connectivity index (χ3v) is 4.50. The fourth-order valence-electron chi connectivity index (χ4n) is 1.70. The van der Waals surface area contributed by atoms with E-state index in [1.807, 2.05) is 0 Å². The number of thiophene rings is 1. The van der Waals surface area contributed by atoms with E-state index in [4.69, 9.17) is 0 Å². The average Bonchev–Trinajstić information content (AvgIpc) is 2.92. The number of fused-ring (bicyclic) bond motifs is 1. The first-order valence-electron chi connectivity index (χ1n) is 5.88. The van der Waals surface area contributed by atoms with E-state index in [0.29, 0.717) is 10.2 Å². The monoisotopic (exact) mass is 344 g/mol. The molecule has 0 saturated heterocycles.